The predicted molar refractivity (Wildman–Crippen MR) is 88.0 cm³/mol. The van der Waals surface area contributed by atoms with Gasteiger partial charge in [-0.3, -0.25) is 9.59 Å². The maximum Gasteiger partial charge on any atom is 0.224 e. The number of hydrogen-bond donors (Lipinski definition) is 2. The van der Waals surface area contributed by atoms with Gasteiger partial charge in [0.15, 0.2) is 5.78 Å². The van der Waals surface area contributed by atoms with Gasteiger partial charge in [0.05, 0.1) is 12.7 Å². The molecule has 0 atom stereocenters. The summed E-state index contributed by atoms with van der Waals surface area (Å²) < 4.78 is 5.19. The number of phenolic OH excluding ortho intramolecular Hbond substituents is 1. The second-order valence-corrected chi connectivity index (χ2v) is 5.23. The number of amides is 1. The molecular formula is C18H19NO4. The van der Waals surface area contributed by atoms with E-state index in [0.717, 1.165) is 5.56 Å². The van der Waals surface area contributed by atoms with Crippen molar-refractivity contribution in [2.24, 2.45) is 0 Å². The molecule has 120 valence electrons. The molecule has 1 amide bonds. The Bertz CT molecular complexity index is 725. The second-order valence-electron chi connectivity index (χ2n) is 5.23. The van der Waals surface area contributed by atoms with E-state index in [0.29, 0.717) is 17.0 Å². The van der Waals surface area contributed by atoms with Gasteiger partial charge < -0.3 is 15.2 Å². The van der Waals surface area contributed by atoms with E-state index < -0.39 is 0 Å². The summed E-state index contributed by atoms with van der Waals surface area (Å²) in [6, 6.07) is 11.6. The highest BCUT2D eigenvalue weighted by Gasteiger charge is 2.14. The van der Waals surface area contributed by atoms with Crippen LogP contribution in [0.2, 0.25) is 0 Å². The molecule has 0 radical (unpaired) electrons. The summed E-state index contributed by atoms with van der Waals surface area (Å²) >= 11 is 0. The SMILES string of the molecule is COc1ccc(C)cc1C(=O)CCC(=O)Nc1cccc(O)c1. The van der Waals surface area contributed by atoms with Gasteiger partial charge >= 0.3 is 0 Å². The van der Waals surface area contributed by atoms with Crippen LogP contribution >= 0.6 is 0 Å². The average Bonchev–Trinajstić information content (AvgIpc) is 2.52. The van der Waals surface area contributed by atoms with E-state index in [-0.39, 0.29) is 30.3 Å². The van der Waals surface area contributed by atoms with Gasteiger partial charge in [0.1, 0.15) is 11.5 Å². The molecule has 0 heterocycles. The Hall–Kier alpha value is -2.82. The molecule has 5 nitrogen and oxygen atoms in total. The molecule has 0 aliphatic carbocycles. The summed E-state index contributed by atoms with van der Waals surface area (Å²) in [5.41, 5.74) is 1.94. The van der Waals surface area contributed by atoms with Gasteiger partial charge in [-0.25, -0.2) is 0 Å². The molecule has 2 rings (SSSR count). The summed E-state index contributed by atoms with van der Waals surface area (Å²) in [5.74, 6) is 0.157. The van der Waals surface area contributed by atoms with Gasteiger partial charge in [0.2, 0.25) is 5.91 Å². The molecule has 0 saturated carbocycles. The number of phenols is 1. The molecule has 0 unspecified atom stereocenters. The Morgan fingerprint density at radius 1 is 1.13 bits per heavy atom. The average molecular weight is 313 g/mol. The van der Waals surface area contributed by atoms with Crippen molar-refractivity contribution in [1.82, 2.24) is 0 Å². The van der Waals surface area contributed by atoms with Crippen LogP contribution in [-0.2, 0) is 4.79 Å². The summed E-state index contributed by atoms with van der Waals surface area (Å²) in [5, 5.41) is 12.0. The lowest BCUT2D eigenvalue weighted by Gasteiger charge is -2.09. The highest BCUT2D eigenvalue weighted by Crippen LogP contribution is 2.22. The molecule has 2 aromatic rings. The first-order chi connectivity index (χ1) is 11.0. The minimum Gasteiger partial charge on any atom is -0.508 e. The number of ether oxygens (including phenoxy) is 1. The molecule has 0 aromatic heterocycles. The molecule has 2 N–H and O–H groups in total. The van der Waals surface area contributed by atoms with E-state index in [1.807, 2.05) is 13.0 Å². The number of rotatable bonds is 6. The zero-order valence-electron chi connectivity index (χ0n) is 13.1. The van der Waals surface area contributed by atoms with Crippen LogP contribution in [0.4, 0.5) is 5.69 Å². The minimum absolute atomic E-state index is 0.0611. The fraction of sp³-hybridized carbons (Fsp3) is 0.222. The van der Waals surface area contributed by atoms with Crippen LogP contribution in [0.1, 0.15) is 28.8 Å². The molecular weight excluding hydrogens is 294 g/mol. The van der Waals surface area contributed by atoms with Crippen molar-refractivity contribution in [3.05, 3.63) is 53.6 Å². The topological polar surface area (TPSA) is 75.6 Å². The van der Waals surface area contributed by atoms with Crippen LogP contribution in [0.5, 0.6) is 11.5 Å². The van der Waals surface area contributed by atoms with Crippen LogP contribution in [0.3, 0.4) is 0 Å². The molecule has 23 heavy (non-hydrogen) atoms. The lowest BCUT2D eigenvalue weighted by atomic mass is 10.0. The number of benzene rings is 2. The molecule has 2 aromatic carbocycles. The normalized spacial score (nSPS) is 10.2. The molecule has 0 aliphatic rings. The van der Waals surface area contributed by atoms with Gasteiger partial charge in [0.25, 0.3) is 0 Å². The monoisotopic (exact) mass is 313 g/mol. The summed E-state index contributed by atoms with van der Waals surface area (Å²) in [6.45, 7) is 1.89. The van der Waals surface area contributed by atoms with E-state index in [4.69, 9.17) is 4.74 Å². The maximum absolute atomic E-state index is 12.3. The first-order valence-corrected chi connectivity index (χ1v) is 7.26. The number of aryl methyl sites for hydroxylation is 1. The number of carbonyl (C=O) groups is 2. The number of aromatic hydroxyl groups is 1. The summed E-state index contributed by atoms with van der Waals surface area (Å²) in [6.07, 6.45) is 0.149. The molecule has 5 heteroatoms. The summed E-state index contributed by atoms with van der Waals surface area (Å²) in [4.78, 5) is 24.2. The Morgan fingerprint density at radius 2 is 1.91 bits per heavy atom. The zero-order valence-corrected chi connectivity index (χ0v) is 13.1. The minimum atomic E-state index is -0.282. The second kappa shape index (κ2) is 7.45. The third kappa shape index (κ3) is 4.57. The molecule has 0 aliphatic heterocycles. The van der Waals surface area contributed by atoms with Crippen LogP contribution in [-0.4, -0.2) is 23.9 Å². The number of carbonyl (C=O) groups excluding carboxylic acids is 2. The van der Waals surface area contributed by atoms with E-state index in [1.165, 1.54) is 19.2 Å². The largest absolute Gasteiger partial charge is 0.508 e. The number of methoxy groups -OCH3 is 1. The van der Waals surface area contributed by atoms with Crippen LogP contribution in [0.25, 0.3) is 0 Å². The van der Waals surface area contributed by atoms with E-state index in [1.54, 1.807) is 24.3 Å². The van der Waals surface area contributed by atoms with Gasteiger partial charge in [-0.1, -0.05) is 17.7 Å². The number of hydrogen-bond acceptors (Lipinski definition) is 4. The lowest BCUT2D eigenvalue weighted by molar-refractivity contribution is -0.116. The van der Waals surface area contributed by atoms with Gasteiger partial charge in [0, 0.05) is 24.6 Å². The van der Waals surface area contributed by atoms with Crippen molar-refractivity contribution in [3.63, 3.8) is 0 Å². The van der Waals surface area contributed by atoms with Crippen LogP contribution in [0.15, 0.2) is 42.5 Å². The standard InChI is InChI=1S/C18H19NO4/c1-12-6-8-17(23-2)15(10-12)16(21)7-9-18(22)19-13-4-3-5-14(20)11-13/h3-6,8,10-11,20H,7,9H2,1-2H3,(H,19,22). The van der Waals surface area contributed by atoms with E-state index in [9.17, 15) is 14.7 Å². The first kappa shape index (κ1) is 16.5. The molecule has 0 fully saturated rings. The van der Waals surface area contributed by atoms with Crippen molar-refractivity contribution in [1.29, 1.82) is 0 Å². The maximum atomic E-state index is 12.3. The third-order valence-corrected chi connectivity index (χ3v) is 3.36. The van der Waals surface area contributed by atoms with Crippen molar-refractivity contribution >= 4 is 17.4 Å². The fourth-order valence-corrected chi connectivity index (χ4v) is 2.21. The predicted octanol–water partition coefficient (Wildman–Crippen LogP) is 3.31. The Kier molecular flexibility index (Phi) is 5.36. The number of ketones is 1. The number of Topliss-reactive ketones (excluding diaryl/α,β-unsaturated/α-hetero) is 1. The van der Waals surface area contributed by atoms with Gasteiger partial charge in [-0.15, -0.1) is 0 Å². The number of nitrogens with one attached hydrogen (secondary N) is 1. The Balaban J connectivity index is 1.96. The van der Waals surface area contributed by atoms with Crippen molar-refractivity contribution < 1.29 is 19.4 Å². The Morgan fingerprint density at radius 3 is 2.61 bits per heavy atom. The highest BCUT2D eigenvalue weighted by molar-refractivity contribution is 6.01. The molecule has 0 spiro atoms. The van der Waals surface area contributed by atoms with Gasteiger partial charge in [-0.05, 0) is 31.2 Å². The zero-order chi connectivity index (χ0) is 16.8. The molecule has 0 saturated heterocycles. The Labute approximate surface area is 134 Å². The smallest absolute Gasteiger partial charge is 0.224 e. The lowest BCUT2D eigenvalue weighted by Crippen LogP contribution is -2.13. The van der Waals surface area contributed by atoms with Crippen LogP contribution < -0.4 is 10.1 Å². The quantitative estimate of drug-likeness (QED) is 0.802. The highest BCUT2D eigenvalue weighted by atomic mass is 16.5. The van der Waals surface area contributed by atoms with Crippen molar-refractivity contribution in [2.45, 2.75) is 19.8 Å². The fourth-order valence-electron chi connectivity index (χ4n) is 2.21. The van der Waals surface area contributed by atoms with E-state index in [2.05, 4.69) is 5.32 Å². The van der Waals surface area contributed by atoms with Gasteiger partial charge in [-0.2, -0.15) is 0 Å². The van der Waals surface area contributed by atoms with E-state index >= 15 is 0 Å². The van der Waals surface area contributed by atoms with Crippen molar-refractivity contribution in [3.8, 4) is 11.5 Å². The molecule has 0 bridgehead atoms. The summed E-state index contributed by atoms with van der Waals surface area (Å²) in [7, 11) is 1.51. The first-order valence-electron chi connectivity index (χ1n) is 7.26. The van der Waals surface area contributed by atoms with Crippen molar-refractivity contribution in [2.75, 3.05) is 12.4 Å². The third-order valence-electron chi connectivity index (χ3n) is 3.36. The van der Waals surface area contributed by atoms with Crippen LogP contribution in [0, 0.1) is 6.92 Å². The number of anilines is 1.